The summed E-state index contributed by atoms with van der Waals surface area (Å²) < 4.78 is 33.0. The van der Waals surface area contributed by atoms with Crippen molar-refractivity contribution in [3.63, 3.8) is 0 Å². The van der Waals surface area contributed by atoms with Crippen LogP contribution in [0.2, 0.25) is 0 Å². The molecule has 0 aliphatic heterocycles. The zero-order valence-corrected chi connectivity index (χ0v) is 15.2. The minimum absolute atomic E-state index is 0.0703. The normalized spacial score (nSPS) is 23.5. The minimum Gasteiger partial charge on any atom is -0.494 e. The van der Waals surface area contributed by atoms with Gasteiger partial charge in [0, 0.05) is 5.56 Å². The Morgan fingerprint density at radius 3 is 2.20 bits per heavy atom. The average Bonchev–Trinajstić information content (AvgIpc) is 2.65. The van der Waals surface area contributed by atoms with Gasteiger partial charge in [-0.1, -0.05) is 44.5 Å². The van der Waals surface area contributed by atoms with Crippen LogP contribution in [0.3, 0.4) is 0 Å². The first kappa shape index (κ1) is 17.9. The van der Waals surface area contributed by atoms with Crippen molar-refractivity contribution in [2.45, 2.75) is 51.9 Å². The van der Waals surface area contributed by atoms with Crippen LogP contribution >= 0.6 is 0 Å². The lowest BCUT2D eigenvalue weighted by atomic mass is 9.69. The summed E-state index contributed by atoms with van der Waals surface area (Å²) in [6, 6.07) is 11.0. The van der Waals surface area contributed by atoms with E-state index in [-0.39, 0.29) is 11.3 Å². The fraction of sp³-hybridized carbons (Fsp3) is 0.455. The van der Waals surface area contributed by atoms with E-state index in [9.17, 15) is 8.78 Å². The maximum Gasteiger partial charge on any atom is 0.201 e. The summed E-state index contributed by atoms with van der Waals surface area (Å²) in [5.41, 5.74) is 2.75. The Hall–Kier alpha value is -1.90. The lowest BCUT2D eigenvalue weighted by Crippen LogP contribution is -2.22. The molecule has 0 unspecified atom stereocenters. The molecule has 1 fully saturated rings. The van der Waals surface area contributed by atoms with E-state index in [2.05, 4.69) is 26.0 Å². The number of methoxy groups -OCH3 is 1. The van der Waals surface area contributed by atoms with Crippen molar-refractivity contribution in [2.75, 3.05) is 7.11 Å². The maximum absolute atomic E-state index is 14.3. The highest BCUT2D eigenvalue weighted by Gasteiger charge is 2.30. The van der Waals surface area contributed by atoms with E-state index in [1.54, 1.807) is 6.07 Å². The van der Waals surface area contributed by atoms with Crippen molar-refractivity contribution in [2.24, 2.45) is 5.41 Å². The summed E-state index contributed by atoms with van der Waals surface area (Å²) in [6.45, 7) is 4.66. The zero-order chi connectivity index (χ0) is 18.0. The van der Waals surface area contributed by atoms with E-state index in [1.807, 2.05) is 12.1 Å². The van der Waals surface area contributed by atoms with Crippen LogP contribution in [-0.4, -0.2) is 7.11 Å². The number of rotatable bonds is 4. The second-order valence-corrected chi connectivity index (χ2v) is 7.50. The van der Waals surface area contributed by atoms with Crippen molar-refractivity contribution in [1.29, 1.82) is 0 Å². The van der Waals surface area contributed by atoms with Crippen LogP contribution in [0.1, 0.15) is 57.4 Å². The van der Waals surface area contributed by atoms with Gasteiger partial charge in [-0.15, -0.1) is 0 Å². The topological polar surface area (TPSA) is 9.23 Å². The lowest BCUT2D eigenvalue weighted by molar-refractivity contribution is 0.191. The molecule has 1 aliphatic rings. The molecule has 0 bridgehead atoms. The summed E-state index contributed by atoms with van der Waals surface area (Å²) in [4.78, 5) is 0. The zero-order valence-electron chi connectivity index (χ0n) is 15.2. The predicted molar refractivity (Wildman–Crippen MR) is 98.0 cm³/mol. The Bertz CT molecular complexity index is 728. The van der Waals surface area contributed by atoms with Gasteiger partial charge in [0.05, 0.1) is 7.11 Å². The summed E-state index contributed by atoms with van der Waals surface area (Å²) in [7, 11) is 1.33. The van der Waals surface area contributed by atoms with Crippen LogP contribution in [0.25, 0.3) is 11.1 Å². The molecule has 25 heavy (non-hydrogen) atoms. The quantitative estimate of drug-likeness (QED) is 0.598. The Balaban J connectivity index is 1.79. The standard InChI is InChI=1S/C22H26F2O/c1-4-22(2)13-11-16(12-14-22)15-5-7-17(8-6-15)18-9-10-19(25-3)21(24)20(18)23/h5-10,16H,4,11-14H2,1-3H3. The minimum atomic E-state index is -0.935. The highest BCUT2D eigenvalue weighted by Crippen LogP contribution is 2.44. The number of benzene rings is 2. The Morgan fingerprint density at radius 1 is 1.00 bits per heavy atom. The van der Waals surface area contributed by atoms with Crippen LogP contribution < -0.4 is 4.74 Å². The molecular formula is C22H26F2O. The second-order valence-electron chi connectivity index (χ2n) is 7.50. The van der Waals surface area contributed by atoms with Gasteiger partial charge in [0.2, 0.25) is 5.82 Å². The molecule has 0 amide bonds. The first-order chi connectivity index (χ1) is 12.0. The van der Waals surface area contributed by atoms with Crippen molar-refractivity contribution in [3.8, 4) is 16.9 Å². The van der Waals surface area contributed by atoms with E-state index >= 15 is 0 Å². The van der Waals surface area contributed by atoms with Gasteiger partial charge in [-0.25, -0.2) is 4.39 Å². The number of halogens is 2. The number of hydrogen-bond acceptors (Lipinski definition) is 1. The summed E-state index contributed by atoms with van der Waals surface area (Å²) >= 11 is 0. The van der Waals surface area contributed by atoms with Gasteiger partial charge in [0.15, 0.2) is 11.6 Å². The van der Waals surface area contributed by atoms with Gasteiger partial charge in [-0.3, -0.25) is 0 Å². The van der Waals surface area contributed by atoms with Crippen LogP contribution in [0.4, 0.5) is 8.78 Å². The molecule has 134 valence electrons. The largest absolute Gasteiger partial charge is 0.494 e. The monoisotopic (exact) mass is 344 g/mol. The van der Waals surface area contributed by atoms with Crippen molar-refractivity contribution in [1.82, 2.24) is 0 Å². The third-order valence-electron chi connectivity index (χ3n) is 6.01. The molecule has 0 saturated heterocycles. The molecule has 2 aromatic rings. The summed E-state index contributed by atoms with van der Waals surface area (Å²) in [6.07, 6.45) is 6.16. The molecule has 1 nitrogen and oxygen atoms in total. The lowest BCUT2D eigenvalue weighted by Gasteiger charge is -2.37. The SMILES string of the molecule is CCC1(C)CCC(c2ccc(-c3ccc(OC)c(F)c3F)cc2)CC1. The van der Waals surface area contributed by atoms with Gasteiger partial charge in [-0.2, -0.15) is 4.39 Å². The third-order valence-corrected chi connectivity index (χ3v) is 6.01. The van der Waals surface area contributed by atoms with E-state index in [1.165, 1.54) is 50.8 Å². The van der Waals surface area contributed by atoms with E-state index in [0.29, 0.717) is 16.9 Å². The second kappa shape index (κ2) is 7.15. The fourth-order valence-electron chi connectivity index (χ4n) is 3.85. The van der Waals surface area contributed by atoms with Crippen molar-refractivity contribution >= 4 is 0 Å². The van der Waals surface area contributed by atoms with Crippen molar-refractivity contribution in [3.05, 3.63) is 53.6 Å². The van der Waals surface area contributed by atoms with Crippen LogP contribution in [0, 0.1) is 17.0 Å². The summed E-state index contributed by atoms with van der Waals surface area (Å²) in [5.74, 6) is -1.29. The molecule has 0 atom stereocenters. The van der Waals surface area contributed by atoms with Gasteiger partial charge < -0.3 is 4.74 Å². The molecule has 0 spiro atoms. The van der Waals surface area contributed by atoms with E-state index in [4.69, 9.17) is 4.74 Å². The highest BCUT2D eigenvalue weighted by molar-refractivity contribution is 5.65. The van der Waals surface area contributed by atoms with Crippen LogP contribution in [0.15, 0.2) is 36.4 Å². The molecule has 1 aliphatic carbocycles. The smallest absolute Gasteiger partial charge is 0.201 e. The molecule has 1 saturated carbocycles. The molecule has 0 N–H and O–H groups in total. The molecule has 0 aromatic heterocycles. The number of hydrogen-bond donors (Lipinski definition) is 0. The summed E-state index contributed by atoms with van der Waals surface area (Å²) in [5, 5.41) is 0. The van der Waals surface area contributed by atoms with Gasteiger partial charge in [-0.05, 0) is 60.3 Å². The third kappa shape index (κ3) is 3.56. The van der Waals surface area contributed by atoms with Gasteiger partial charge in [0.1, 0.15) is 0 Å². The molecule has 3 rings (SSSR count). The van der Waals surface area contributed by atoms with Gasteiger partial charge >= 0.3 is 0 Å². The van der Waals surface area contributed by atoms with E-state index in [0.717, 1.165) is 0 Å². The molecule has 3 heteroatoms. The Morgan fingerprint density at radius 2 is 1.64 bits per heavy atom. The van der Waals surface area contributed by atoms with E-state index < -0.39 is 11.6 Å². The fourth-order valence-corrected chi connectivity index (χ4v) is 3.85. The molecule has 0 radical (unpaired) electrons. The Kier molecular flexibility index (Phi) is 5.12. The molecular weight excluding hydrogens is 318 g/mol. The number of ether oxygens (including phenoxy) is 1. The van der Waals surface area contributed by atoms with Crippen LogP contribution in [0.5, 0.6) is 5.75 Å². The van der Waals surface area contributed by atoms with Crippen molar-refractivity contribution < 1.29 is 13.5 Å². The molecule has 0 heterocycles. The van der Waals surface area contributed by atoms with Crippen LogP contribution in [-0.2, 0) is 0 Å². The first-order valence-electron chi connectivity index (χ1n) is 9.10. The average molecular weight is 344 g/mol. The Labute approximate surface area is 149 Å². The maximum atomic E-state index is 14.3. The first-order valence-corrected chi connectivity index (χ1v) is 9.10. The highest BCUT2D eigenvalue weighted by atomic mass is 19.2. The predicted octanol–water partition coefficient (Wildman–Crippen LogP) is 6.71. The van der Waals surface area contributed by atoms with Gasteiger partial charge in [0.25, 0.3) is 0 Å². The molecule has 2 aromatic carbocycles.